The lowest BCUT2D eigenvalue weighted by Gasteiger charge is -2.08. The highest BCUT2D eigenvalue weighted by atomic mass is 32.2. The van der Waals surface area contributed by atoms with Crippen LogP contribution in [0, 0.1) is 5.92 Å². The fourth-order valence-electron chi connectivity index (χ4n) is 2.38. The first-order valence-electron chi connectivity index (χ1n) is 8.16. The molecule has 1 unspecified atom stereocenters. The van der Waals surface area contributed by atoms with Gasteiger partial charge in [0.05, 0.1) is 5.75 Å². The van der Waals surface area contributed by atoms with Crippen molar-refractivity contribution in [2.75, 3.05) is 11.1 Å². The summed E-state index contributed by atoms with van der Waals surface area (Å²) in [5, 5.41) is 11.3. The highest BCUT2D eigenvalue weighted by Crippen LogP contribution is 2.22. The molecular formula is C17H25N4O2S+. The van der Waals surface area contributed by atoms with Gasteiger partial charge in [-0.25, -0.2) is 0 Å². The van der Waals surface area contributed by atoms with Crippen LogP contribution in [-0.2, 0) is 11.2 Å². The molecule has 130 valence electrons. The fraction of sp³-hybridized carbons (Fsp3) is 0.471. The van der Waals surface area contributed by atoms with Crippen molar-refractivity contribution >= 4 is 23.4 Å². The number of carbonyl (C=O) groups is 1. The van der Waals surface area contributed by atoms with Gasteiger partial charge >= 0.3 is 0 Å². The Balaban J connectivity index is 1.87. The van der Waals surface area contributed by atoms with Gasteiger partial charge in [-0.15, -0.1) is 10.2 Å². The maximum atomic E-state index is 12.1. The normalized spacial score (nSPS) is 12.4. The molecule has 1 heterocycles. The van der Waals surface area contributed by atoms with Crippen molar-refractivity contribution in [3.05, 3.63) is 35.7 Å². The van der Waals surface area contributed by atoms with E-state index >= 15 is 0 Å². The maximum absolute atomic E-state index is 12.1. The highest BCUT2D eigenvalue weighted by molar-refractivity contribution is 7.99. The second-order valence-electron chi connectivity index (χ2n) is 6.08. The molecule has 2 aromatic rings. The molecule has 7 heteroatoms. The number of anilines is 1. The summed E-state index contributed by atoms with van der Waals surface area (Å²) in [6.07, 6.45) is 1.76. The number of hydrogen-bond acceptors (Lipinski definition) is 5. The molecule has 24 heavy (non-hydrogen) atoms. The largest absolute Gasteiger partial charge is 0.410 e. The summed E-state index contributed by atoms with van der Waals surface area (Å²) in [6.45, 7) is 6.32. The summed E-state index contributed by atoms with van der Waals surface area (Å²) in [5.74, 6) is 1.18. The first-order valence-corrected chi connectivity index (χ1v) is 9.15. The lowest BCUT2D eigenvalue weighted by molar-refractivity contribution is -0.435. The number of aryl methyl sites for hydroxylation is 1. The lowest BCUT2D eigenvalue weighted by Crippen LogP contribution is -2.54. The van der Waals surface area contributed by atoms with Crippen molar-refractivity contribution in [2.24, 2.45) is 5.92 Å². The number of rotatable bonds is 8. The summed E-state index contributed by atoms with van der Waals surface area (Å²) in [7, 11) is 0. The third-order valence-corrected chi connectivity index (χ3v) is 4.34. The van der Waals surface area contributed by atoms with E-state index in [9.17, 15) is 4.79 Å². The lowest BCUT2D eigenvalue weighted by atomic mass is 10.1. The maximum Gasteiger partial charge on any atom is 0.277 e. The molecule has 2 rings (SSSR count). The van der Waals surface area contributed by atoms with Crippen LogP contribution in [0.2, 0.25) is 0 Å². The molecule has 0 fully saturated rings. The molecule has 1 atom stereocenters. The first-order chi connectivity index (χ1) is 11.5. The number of para-hydroxylation sites is 1. The molecule has 1 aromatic carbocycles. The van der Waals surface area contributed by atoms with Crippen molar-refractivity contribution in [1.82, 2.24) is 10.2 Å². The molecule has 0 bridgehead atoms. The molecule has 0 aliphatic heterocycles. The molecule has 0 aliphatic rings. The van der Waals surface area contributed by atoms with E-state index in [0.29, 0.717) is 17.0 Å². The van der Waals surface area contributed by atoms with Gasteiger partial charge in [0.15, 0.2) is 6.04 Å². The smallest absolute Gasteiger partial charge is 0.277 e. The monoisotopic (exact) mass is 349 g/mol. The number of nitrogens with one attached hydrogen (secondary N) is 1. The van der Waals surface area contributed by atoms with Crippen molar-refractivity contribution in [1.29, 1.82) is 0 Å². The van der Waals surface area contributed by atoms with E-state index in [1.54, 1.807) is 0 Å². The number of benzene rings is 1. The minimum Gasteiger partial charge on any atom is -0.410 e. The topological polar surface area (TPSA) is 95.7 Å². The Morgan fingerprint density at radius 3 is 2.79 bits per heavy atom. The van der Waals surface area contributed by atoms with Crippen LogP contribution < -0.4 is 11.1 Å². The van der Waals surface area contributed by atoms with Crippen molar-refractivity contribution in [3.63, 3.8) is 0 Å². The Labute approximate surface area is 146 Å². The quantitative estimate of drug-likeness (QED) is 0.714. The van der Waals surface area contributed by atoms with Crippen LogP contribution in [0.15, 0.2) is 33.9 Å². The summed E-state index contributed by atoms with van der Waals surface area (Å²) >= 11 is 1.24. The Morgan fingerprint density at radius 2 is 2.08 bits per heavy atom. The van der Waals surface area contributed by atoms with Crippen molar-refractivity contribution in [3.8, 4) is 0 Å². The molecule has 6 nitrogen and oxygen atoms in total. The molecule has 1 amide bonds. The molecule has 4 N–H and O–H groups in total. The van der Waals surface area contributed by atoms with Gasteiger partial charge in [0.1, 0.15) is 0 Å². The van der Waals surface area contributed by atoms with E-state index in [2.05, 4.69) is 42.0 Å². The van der Waals surface area contributed by atoms with E-state index in [1.807, 2.05) is 24.3 Å². The van der Waals surface area contributed by atoms with E-state index < -0.39 is 0 Å². The van der Waals surface area contributed by atoms with Gasteiger partial charge in [-0.3, -0.25) is 4.79 Å². The number of quaternary nitrogens is 1. The van der Waals surface area contributed by atoms with Crippen molar-refractivity contribution in [2.45, 2.75) is 44.9 Å². The van der Waals surface area contributed by atoms with E-state index in [0.717, 1.165) is 24.1 Å². The predicted octanol–water partition coefficient (Wildman–Crippen LogP) is 2.69. The Kier molecular flexibility index (Phi) is 6.81. The van der Waals surface area contributed by atoms with Gasteiger partial charge in [0.2, 0.25) is 5.91 Å². The minimum absolute atomic E-state index is 0.0166. The molecule has 0 saturated heterocycles. The number of hydrogen-bond donors (Lipinski definition) is 2. The molecule has 0 saturated carbocycles. The number of amides is 1. The molecule has 1 aromatic heterocycles. The van der Waals surface area contributed by atoms with Crippen LogP contribution in [0.25, 0.3) is 0 Å². The van der Waals surface area contributed by atoms with Gasteiger partial charge in [-0.05, 0) is 24.0 Å². The summed E-state index contributed by atoms with van der Waals surface area (Å²) in [6, 6.07) is 7.78. The zero-order valence-corrected chi connectivity index (χ0v) is 15.2. The van der Waals surface area contributed by atoms with Crippen LogP contribution in [0.4, 0.5) is 5.69 Å². The third kappa shape index (κ3) is 5.35. The Morgan fingerprint density at radius 1 is 1.33 bits per heavy atom. The van der Waals surface area contributed by atoms with Crippen LogP contribution >= 0.6 is 11.8 Å². The van der Waals surface area contributed by atoms with Gasteiger partial charge in [-0.2, -0.15) is 0 Å². The first kappa shape index (κ1) is 18.5. The van der Waals surface area contributed by atoms with E-state index in [4.69, 9.17) is 4.42 Å². The van der Waals surface area contributed by atoms with E-state index in [1.165, 1.54) is 11.8 Å². The van der Waals surface area contributed by atoms with E-state index in [-0.39, 0.29) is 17.7 Å². The van der Waals surface area contributed by atoms with Gasteiger partial charge in [-0.1, -0.05) is 50.7 Å². The fourth-order valence-corrected chi connectivity index (χ4v) is 2.95. The SMILES string of the molecule is CCc1ccccc1NC(=O)CSc1nnc(C([NH3+])CC(C)C)o1. The second-order valence-corrected chi connectivity index (χ2v) is 7.01. The summed E-state index contributed by atoms with van der Waals surface area (Å²) in [4.78, 5) is 12.1. The zero-order chi connectivity index (χ0) is 17.5. The molecule has 0 spiro atoms. The Hall–Kier alpha value is -1.86. The average molecular weight is 349 g/mol. The van der Waals surface area contributed by atoms with Gasteiger partial charge in [0.25, 0.3) is 11.1 Å². The minimum atomic E-state index is -0.0889. The summed E-state index contributed by atoms with van der Waals surface area (Å²) < 4.78 is 5.59. The number of nitrogens with zero attached hydrogens (tertiary/aromatic N) is 2. The molecule has 0 aliphatic carbocycles. The second kappa shape index (κ2) is 8.84. The van der Waals surface area contributed by atoms with Gasteiger partial charge < -0.3 is 15.5 Å². The molecule has 0 radical (unpaired) electrons. The predicted molar refractivity (Wildman–Crippen MR) is 94.6 cm³/mol. The van der Waals surface area contributed by atoms with Gasteiger partial charge in [0, 0.05) is 12.1 Å². The number of thioether (sulfide) groups is 1. The standard InChI is InChI=1S/C17H24N4O2S/c1-4-12-7-5-6-8-14(12)19-15(22)10-24-17-21-20-16(23-17)13(18)9-11(2)3/h5-8,11,13H,4,9-10,18H2,1-3H3,(H,19,22)/p+1. The van der Waals surface area contributed by atoms with Crippen LogP contribution in [0.1, 0.15) is 44.7 Å². The van der Waals surface area contributed by atoms with Crippen LogP contribution in [-0.4, -0.2) is 21.9 Å². The van der Waals surface area contributed by atoms with Crippen molar-refractivity contribution < 1.29 is 14.9 Å². The Bertz CT molecular complexity index is 672. The highest BCUT2D eigenvalue weighted by Gasteiger charge is 2.19. The van der Waals surface area contributed by atoms with Crippen LogP contribution in [0.3, 0.4) is 0 Å². The number of carbonyl (C=O) groups excluding carboxylic acids is 1. The zero-order valence-electron chi connectivity index (χ0n) is 14.4. The number of aromatic nitrogens is 2. The summed E-state index contributed by atoms with van der Waals surface area (Å²) in [5.41, 5.74) is 6.02. The molecular weight excluding hydrogens is 324 g/mol. The van der Waals surface area contributed by atoms with Crippen LogP contribution in [0.5, 0.6) is 0 Å². The average Bonchev–Trinajstić information content (AvgIpc) is 3.02. The third-order valence-electron chi connectivity index (χ3n) is 3.53.